The molecule has 0 aliphatic carbocycles. The van der Waals surface area contributed by atoms with E-state index < -0.39 is 10.0 Å². The zero-order valence-electron chi connectivity index (χ0n) is 25.4. The van der Waals surface area contributed by atoms with Crippen molar-refractivity contribution in [2.45, 2.75) is 24.8 Å². The number of ether oxygens (including phenoxy) is 4. The topological polar surface area (TPSA) is 135 Å². The monoisotopic (exact) mass is 637 g/mol. The molecule has 11 nitrogen and oxygen atoms in total. The average Bonchev–Trinajstić information content (AvgIpc) is 3.08. The van der Waals surface area contributed by atoms with E-state index in [9.17, 15) is 8.42 Å². The highest BCUT2D eigenvalue weighted by molar-refractivity contribution is 7.92. The van der Waals surface area contributed by atoms with Crippen molar-refractivity contribution < 1.29 is 27.4 Å². The molecule has 0 amide bonds. The van der Waals surface area contributed by atoms with Gasteiger partial charge in [0.15, 0.2) is 34.8 Å². The molecule has 3 heterocycles. The Balaban J connectivity index is 1.53. The van der Waals surface area contributed by atoms with Crippen molar-refractivity contribution in [2.75, 3.05) is 25.0 Å². The van der Waals surface area contributed by atoms with Crippen LogP contribution in [-0.2, 0) is 10.0 Å². The third kappa shape index (κ3) is 8.08. The highest BCUT2D eigenvalue weighted by atomic mass is 32.2. The fourth-order valence-corrected chi connectivity index (χ4v) is 4.98. The number of aromatic nitrogens is 4. The number of para-hydroxylation sites is 3. The fourth-order valence-electron chi connectivity index (χ4n) is 4.05. The Hall–Kier alpha value is -5.67. The van der Waals surface area contributed by atoms with E-state index >= 15 is 0 Å². The molecule has 3 aromatic heterocycles. The van der Waals surface area contributed by atoms with E-state index in [-0.39, 0.29) is 53.2 Å². The van der Waals surface area contributed by atoms with Crippen LogP contribution in [0.2, 0.25) is 0 Å². The Labute approximate surface area is 267 Å². The number of anilines is 1. The predicted molar refractivity (Wildman–Crippen MR) is 173 cm³/mol. The predicted octanol–water partition coefficient (Wildman–Crippen LogP) is 6.12. The smallest absolute Gasteiger partial charge is 0.280 e. The summed E-state index contributed by atoms with van der Waals surface area (Å²) in [7, 11) is -2.74. The number of hydrogen-bond donors (Lipinski definition) is 1. The molecule has 0 saturated heterocycles. The number of pyridine rings is 2. The van der Waals surface area contributed by atoms with Crippen LogP contribution in [0, 0.1) is 11.8 Å². The van der Waals surface area contributed by atoms with E-state index in [4.69, 9.17) is 18.9 Å². The molecule has 0 saturated carbocycles. The average molecular weight is 638 g/mol. The van der Waals surface area contributed by atoms with E-state index in [1.54, 1.807) is 54.9 Å². The molecule has 2 aromatic carbocycles. The van der Waals surface area contributed by atoms with Gasteiger partial charge in [-0.3, -0.25) is 9.71 Å². The number of sulfonamides is 1. The van der Waals surface area contributed by atoms with Crippen molar-refractivity contribution in [3.05, 3.63) is 103 Å². The molecular weight excluding hydrogens is 606 g/mol. The maximum absolute atomic E-state index is 13.6. The van der Waals surface area contributed by atoms with Gasteiger partial charge in [0, 0.05) is 24.2 Å². The van der Waals surface area contributed by atoms with E-state index in [0.717, 1.165) is 5.56 Å². The lowest BCUT2D eigenvalue weighted by Crippen LogP contribution is -2.17. The highest BCUT2D eigenvalue weighted by Gasteiger charge is 2.26. The summed E-state index contributed by atoms with van der Waals surface area (Å²) in [6.07, 6.45) is 4.67. The molecule has 0 atom stereocenters. The Morgan fingerprint density at radius 1 is 0.826 bits per heavy atom. The molecule has 0 bridgehead atoms. The van der Waals surface area contributed by atoms with Gasteiger partial charge >= 0.3 is 0 Å². The minimum atomic E-state index is -4.24. The molecular formula is C34H31N5O6S. The lowest BCUT2D eigenvalue weighted by Gasteiger charge is -2.18. The lowest BCUT2D eigenvalue weighted by molar-refractivity contribution is 0.324. The lowest BCUT2D eigenvalue weighted by atomic mass is 10.1. The molecule has 5 aromatic rings. The molecule has 0 unspecified atom stereocenters. The third-order valence-electron chi connectivity index (χ3n) is 6.45. The summed E-state index contributed by atoms with van der Waals surface area (Å²) in [6, 6.07) is 22.7. The van der Waals surface area contributed by atoms with Gasteiger partial charge in [0.2, 0.25) is 5.75 Å². The molecule has 0 spiro atoms. The van der Waals surface area contributed by atoms with Crippen LogP contribution in [0.5, 0.6) is 28.9 Å². The van der Waals surface area contributed by atoms with Crippen LogP contribution in [-0.4, -0.2) is 48.7 Å². The summed E-state index contributed by atoms with van der Waals surface area (Å²) < 4.78 is 53.0. The largest absolute Gasteiger partial charge is 0.493 e. The number of benzene rings is 2. The summed E-state index contributed by atoms with van der Waals surface area (Å²) in [6.45, 7) is 4.01. The van der Waals surface area contributed by atoms with Crippen molar-refractivity contribution in [1.82, 2.24) is 19.9 Å². The van der Waals surface area contributed by atoms with Crippen molar-refractivity contribution in [1.29, 1.82) is 0 Å². The zero-order valence-corrected chi connectivity index (χ0v) is 26.2. The molecule has 5 rings (SSSR count). The van der Waals surface area contributed by atoms with Gasteiger partial charge in [0.25, 0.3) is 15.9 Å². The molecule has 234 valence electrons. The van der Waals surface area contributed by atoms with Gasteiger partial charge in [-0.1, -0.05) is 62.1 Å². The second kappa shape index (κ2) is 14.9. The highest BCUT2D eigenvalue weighted by Crippen LogP contribution is 2.41. The quantitative estimate of drug-likeness (QED) is 0.159. The standard InChI is InChI=1S/C34H31N5O6S/c1-24(2)26-15-16-30(36-23-26)46(40,41)39-33-31(45-29-14-8-7-13-28(29)42-3)34(38-32(37-33)25-17-19-35-20-18-25)44-22-10-9-21-43-27-11-5-4-6-12-27/h4-8,11-20,23-24H,21-22H2,1-3H3,(H,37,38,39). The summed E-state index contributed by atoms with van der Waals surface area (Å²) in [5.74, 6) is 7.12. The molecule has 0 aliphatic heterocycles. The van der Waals surface area contributed by atoms with E-state index in [0.29, 0.717) is 17.1 Å². The Bertz CT molecular complexity index is 1930. The Morgan fingerprint density at radius 2 is 1.52 bits per heavy atom. The van der Waals surface area contributed by atoms with Crippen molar-refractivity contribution in [3.63, 3.8) is 0 Å². The number of nitrogens with one attached hydrogen (secondary N) is 1. The first-order chi connectivity index (χ1) is 22.3. The Kier molecular flexibility index (Phi) is 10.3. The van der Waals surface area contributed by atoms with Crippen molar-refractivity contribution in [2.24, 2.45) is 0 Å². The summed E-state index contributed by atoms with van der Waals surface area (Å²) in [5, 5.41) is -0.198. The molecule has 1 N–H and O–H groups in total. The van der Waals surface area contributed by atoms with Gasteiger partial charge in [-0.2, -0.15) is 13.4 Å². The minimum Gasteiger partial charge on any atom is -0.493 e. The van der Waals surface area contributed by atoms with E-state index in [1.165, 1.54) is 19.4 Å². The van der Waals surface area contributed by atoms with Crippen LogP contribution in [0.1, 0.15) is 25.3 Å². The van der Waals surface area contributed by atoms with Gasteiger partial charge in [-0.05, 0) is 53.9 Å². The van der Waals surface area contributed by atoms with Crippen molar-refractivity contribution >= 4 is 15.8 Å². The SMILES string of the molecule is COc1ccccc1Oc1c(NS(=O)(=O)c2ccc(C(C)C)cn2)nc(-c2ccncc2)nc1OCC#CCOc1ccccc1. The molecule has 46 heavy (non-hydrogen) atoms. The number of hydrogen-bond acceptors (Lipinski definition) is 10. The first-order valence-corrected chi connectivity index (χ1v) is 15.7. The van der Waals surface area contributed by atoms with Crippen LogP contribution in [0.4, 0.5) is 5.82 Å². The van der Waals surface area contributed by atoms with Crippen LogP contribution in [0.3, 0.4) is 0 Å². The summed E-state index contributed by atoms with van der Waals surface area (Å²) in [5.41, 5.74) is 1.46. The van der Waals surface area contributed by atoms with Crippen LogP contribution >= 0.6 is 0 Å². The van der Waals surface area contributed by atoms with Crippen LogP contribution < -0.4 is 23.7 Å². The number of nitrogens with zero attached hydrogens (tertiary/aromatic N) is 4. The maximum Gasteiger partial charge on any atom is 0.280 e. The third-order valence-corrected chi connectivity index (χ3v) is 7.70. The van der Waals surface area contributed by atoms with Gasteiger partial charge in [-0.15, -0.1) is 0 Å². The molecule has 0 fully saturated rings. The number of rotatable bonds is 12. The number of methoxy groups -OCH3 is 1. The summed E-state index contributed by atoms with van der Waals surface area (Å²) >= 11 is 0. The second-order valence-electron chi connectivity index (χ2n) is 9.95. The molecule has 12 heteroatoms. The van der Waals surface area contributed by atoms with Crippen LogP contribution in [0.15, 0.2) is 102 Å². The normalized spacial score (nSPS) is 10.9. The molecule has 0 radical (unpaired) electrons. The van der Waals surface area contributed by atoms with Gasteiger partial charge in [-0.25, -0.2) is 9.97 Å². The van der Waals surface area contributed by atoms with E-state index in [2.05, 4.69) is 36.5 Å². The first kappa shape index (κ1) is 31.7. The van der Waals surface area contributed by atoms with Gasteiger partial charge in [0.05, 0.1) is 7.11 Å². The maximum atomic E-state index is 13.6. The van der Waals surface area contributed by atoms with Crippen molar-refractivity contribution in [3.8, 4) is 52.1 Å². The Morgan fingerprint density at radius 3 is 2.20 bits per heavy atom. The van der Waals surface area contributed by atoms with Gasteiger partial charge < -0.3 is 18.9 Å². The first-order valence-electron chi connectivity index (χ1n) is 14.2. The minimum absolute atomic E-state index is 0.0631. The molecule has 0 aliphatic rings. The second-order valence-corrected chi connectivity index (χ2v) is 11.6. The van der Waals surface area contributed by atoms with Gasteiger partial charge in [0.1, 0.15) is 12.4 Å². The summed E-state index contributed by atoms with van der Waals surface area (Å²) in [4.78, 5) is 17.4. The van der Waals surface area contributed by atoms with Crippen LogP contribution in [0.25, 0.3) is 11.4 Å². The fraction of sp³-hybridized carbons (Fsp3) is 0.176. The van der Waals surface area contributed by atoms with E-state index in [1.807, 2.05) is 44.2 Å². The zero-order chi connectivity index (χ0) is 32.4.